The summed E-state index contributed by atoms with van der Waals surface area (Å²) >= 11 is 0. The molecule has 0 unspecified atom stereocenters. The third-order valence-electron chi connectivity index (χ3n) is 3.05. The minimum Gasteiger partial charge on any atom is -0.496 e. The Bertz CT molecular complexity index is 410. The fraction of sp³-hybridized carbons (Fsp3) is 0.462. The van der Waals surface area contributed by atoms with E-state index in [2.05, 4.69) is 4.90 Å². The number of ether oxygens (including phenoxy) is 1. The van der Waals surface area contributed by atoms with Gasteiger partial charge < -0.3 is 4.74 Å². The molecule has 1 aliphatic heterocycles. The molecule has 17 heavy (non-hydrogen) atoms. The molecule has 1 aromatic carbocycles. The Morgan fingerprint density at radius 3 is 2.71 bits per heavy atom. The number of halogens is 1. The number of methoxy groups -OCH3 is 1. The highest BCUT2D eigenvalue weighted by atomic mass is 19.1. The number of likely N-dealkylation sites (tertiary alicyclic amines) is 1. The van der Waals surface area contributed by atoms with Crippen LogP contribution < -0.4 is 4.74 Å². The van der Waals surface area contributed by atoms with Crippen LogP contribution >= 0.6 is 0 Å². The number of hydrogen-bond acceptors (Lipinski definition) is 3. The zero-order chi connectivity index (χ0) is 12.3. The molecule has 0 aliphatic carbocycles. The number of nitrogens with zero attached hydrogens (tertiary/aromatic N) is 1. The van der Waals surface area contributed by atoms with E-state index in [1.807, 2.05) is 0 Å². The van der Waals surface area contributed by atoms with Gasteiger partial charge in [-0.2, -0.15) is 0 Å². The molecule has 2 rings (SSSR count). The van der Waals surface area contributed by atoms with Crippen molar-refractivity contribution in [1.82, 2.24) is 4.90 Å². The topological polar surface area (TPSA) is 29.5 Å². The molecule has 0 amide bonds. The minimum absolute atomic E-state index is 0.256. The average Bonchev–Trinajstić information content (AvgIpc) is 2.32. The number of piperidine rings is 1. The molecule has 3 nitrogen and oxygen atoms in total. The molecule has 0 atom stereocenters. The van der Waals surface area contributed by atoms with Crippen LogP contribution in [0.15, 0.2) is 18.2 Å². The molecule has 1 fully saturated rings. The Morgan fingerprint density at radius 2 is 2.06 bits per heavy atom. The minimum atomic E-state index is -0.256. The first-order valence-corrected chi connectivity index (χ1v) is 5.75. The molecule has 4 heteroatoms. The highest BCUT2D eigenvalue weighted by Gasteiger charge is 2.17. The largest absolute Gasteiger partial charge is 0.496 e. The van der Waals surface area contributed by atoms with Crippen molar-refractivity contribution in [2.24, 2.45) is 0 Å². The third kappa shape index (κ3) is 3.03. The van der Waals surface area contributed by atoms with E-state index in [1.54, 1.807) is 13.2 Å². The predicted molar refractivity (Wildman–Crippen MR) is 62.5 cm³/mol. The zero-order valence-electron chi connectivity index (χ0n) is 9.91. The van der Waals surface area contributed by atoms with Crippen LogP contribution in [0.1, 0.15) is 18.4 Å². The van der Waals surface area contributed by atoms with Crippen molar-refractivity contribution in [2.45, 2.75) is 19.4 Å². The number of carbonyl (C=O) groups excluding carboxylic acids is 1. The van der Waals surface area contributed by atoms with Gasteiger partial charge in [0.05, 0.1) is 7.11 Å². The summed E-state index contributed by atoms with van der Waals surface area (Å²) in [4.78, 5) is 13.3. The van der Waals surface area contributed by atoms with Gasteiger partial charge in [0, 0.05) is 38.0 Å². The number of hydrogen-bond donors (Lipinski definition) is 0. The van der Waals surface area contributed by atoms with Crippen molar-refractivity contribution in [2.75, 3.05) is 20.2 Å². The maximum atomic E-state index is 13.2. The molecule has 0 bridgehead atoms. The summed E-state index contributed by atoms with van der Waals surface area (Å²) < 4.78 is 18.4. The van der Waals surface area contributed by atoms with E-state index in [1.165, 1.54) is 12.1 Å². The molecule has 0 N–H and O–H groups in total. The van der Waals surface area contributed by atoms with Crippen LogP contribution in [0, 0.1) is 5.82 Å². The summed E-state index contributed by atoms with van der Waals surface area (Å²) in [7, 11) is 1.58. The average molecular weight is 237 g/mol. The second-order valence-electron chi connectivity index (χ2n) is 4.27. The first-order valence-electron chi connectivity index (χ1n) is 5.75. The van der Waals surface area contributed by atoms with Gasteiger partial charge in [-0.15, -0.1) is 0 Å². The van der Waals surface area contributed by atoms with Gasteiger partial charge in [-0.05, 0) is 18.2 Å². The summed E-state index contributed by atoms with van der Waals surface area (Å²) in [6.07, 6.45) is 1.19. The summed E-state index contributed by atoms with van der Waals surface area (Å²) in [5.41, 5.74) is 0.835. The van der Waals surface area contributed by atoms with Crippen LogP contribution in [-0.2, 0) is 11.3 Å². The van der Waals surface area contributed by atoms with Crippen LogP contribution in [0.5, 0.6) is 5.75 Å². The second kappa shape index (κ2) is 5.27. The van der Waals surface area contributed by atoms with Gasteiger partial charge >= 0.3 is 0 Å². The maximum absolute atomic E-state index is 13.2. The lowest BCUT2D eigenvalue weighted by Crippen LogP contribution is -2.33. The lowest BCUT2D eigenvalue weighted by atomic mass is 10.1. The zero-order valence-corrected chi connectivity index (χ0v) is 9.91. The lowest BCUT2D eigenvalue weighted by Gasteiger charge is -2.26. The van der Waals surface area contributed by atoms with Gasteiger partial charge in [0.25, 0.3) is 0 Å². The van der Waals surface area contributed by atoms with Crippen molar-refractivity contribution in [3.05, 3.63) is 29.6 Å². The van der Waals surface area contributed by atoms with Crippen molar-refractivity contribution in [1.29, 1.82) is 0 Å². The van der Waals surface area contributed by atoms with E-state index in [0.717, 1.165) is 18.7 Å². The molecular weight excluding hydrogens is 221 g/mol. The van der Waals surface area contributed by atoms with Crippen LogP contribution in [0.3, 0.4) is 0 Å². The fourth-order valence-corrected chi connectivity index (χ4v) is 2.07. The maximum Gasteiger partial charge on any atom is 0.135 e. The molecular formula is C13H16FNO2. The predicted octanol–water partition coefficient (Wildman–Crippen LogP) is 2.00. The molecule has 0 radical (unpaired) electrons. The van der Waals surface area contributed by atoms with Crippen LogP contribution in [-0.4, -0.2) is 30.9 Å². The van der Waals surface area contributed by atoms with Crippen molar-refractivity contribution >= 4 is 5.78 Å². The monoisotopic (exact) mass is 237 g/mol. The Hall–Kier alpha value is -1.42. The van der Waals surface area contributed by atoms with Gasteiger partial charge in [-0.25, -0.2) is 4.39 Å². The summed E-state index contributed by atoms with van der Waals surface area (Å²) in [5.74, 6) is 0.754. The summed E-state index contributed by atoms with van der Waals surface area (Å²) in [6.45, 7) is 2.13. The molecule has 1 aromatic rings. The van der Waals surface area contributed by atoms with Crippen LogP contribution in [0.4, 0.5) is 4.39 Å². The highest BCUT2D eigenvalue weighted by Crippen LogP contribution is 2.22. The molecule has 0 saturated carbocycles. The molecule has 1 heterocycles. The fourth-order valence-electron chi connectivity index (χ4n) is 2.07. The SMILES string of the molecule is COc1ccc(F)cc1CN1CCC(=O)CC1. The van der Waals surface area contributed by atoms with E-state index in [-0.39, 0.29) is 5.82 Å². The van der Waals surface area contributed by atoms with E-state index >= 15 is 0 Å². The highest BCUT2D eigenvalue weighted by molar-refractivity contribution is 5.79. The summed E-state index contributed by atoms with van der Waals surface area (Å²) in [5, 5.41) is 0. The van der Waals surface area contributed by atoms with Gasteiger partial charge in [0.1, 0.15) is 17.3 Å². The van der Waals surface area contributed by atoms with Gasteiger partial charge in [0.2, 0.25) is 0 Å². The quantitative estimate of drug-likeness (QED) is 0.805. The van der Waals surface area contributed by atoms with Crippen LogP contribution in [0.25, 0.3) is 0 Å². The Morgan fingerprint density at radius 1 is 1.35 bits per heavy atom. The molecule has 0 spiro atoms. The van der Waals surface area contributed by atoms with Gasteiger partial charge in [0.15, 0.2) is 0 Å². The van der Waals surface area contributed by atoms with E-state index in [9.17, 15) is 9.18 Å². The van der Waals surface area contributed by atoms with Crippen LogP contribution in [0.2, 0.25) is 0 Å². The summed E-state index contributed by atoms with van der Waals surface area (Å²) in [6, 6.07) is 4.52. The first kappa shape index (κ1) is 12.0. The smallest absolute Gasteiger partial charge is 0.135 e. The third-order valence-corrected chi connectivity index (χ3v) is 3.05. The Kier molecular flexibility index (Phi) is 3.74. The lowest BCUT2D eigenvalue weighted by molar-refractivity contribution is -0.121. The number of rotatable bonds is 3. The van der Waals surface area contributed by atoms with Crippen molar-refractivity contribution in [3.63, 3.8) is 0 Å². The Balaban J connectivity index is 2.07. The normalized spacial score (nSPS) is 17.2. The van der Waals surface area contributed by atoms with Gasteiger partial charge in [-0.3, -0.25) is 9.69 Å². The number of carbonyl (C=O) groups is 1. The van der Waals surface area contributed by atoms with Gasteiger partial charge in [-0.1, -0.05) is 0 Å². The number of Topliss-reactive ketones (excluding diaryl/α,β-unsaturated/α-hetero) is 1. The molecule has 0 aromatic heterocycles. The number of ketones is 1. The van der Waals surface area contributed by atoms with Crippen molar-refractivity contribution in [3.8, 4) is 5.75 Å². The standard InChI is InChI=1S/C13H16FNO2/c1-17-13-3-2-11(14)8-10(13)9-15-6-4-12(16)5-7-15/h2-3,8H,4-7,9H2,1H3. The second-order valence-corrected chi connectivity index (χ2v) is 4.27. The molecule has 1 aliphatic rings. The van der Waals surface area contributed by atoms with E-state index < -0.39 is 0 Å². The first-order chi connectivity index (χ1) is 8.19. The van der Waals surface area contributed by atoms with E-state index in [4.69, 9.17) is 4.74 Å². The van der Waals surface area contributed by atoms with Crippen molar-refractivity contribution < 1.29 is 13.9 Å². The Labute approximate surface area is 100 Å². The molecule has 1 saturated heterocycles. The van der Waals surface area contributed by atoms with E-state index in [0.29, 0.717) is 30.9 Å². The molecule has 92 valence electrons. The number of benzene rings is 1.